The normalized spacial score (nSPS) is 15.0. The predicted octanol–water partition coefficient (Wildman–Crippen LogP) is 4.89. The third kappa shape index (κ3) is 6.02. The Morgan fingerprint density at radius 3 is 2.34 bits per heavy atom. The van der Waals surface area contributed by atoms with Crippen LogP contribution < -0.4 is 24.4 Å². The number of ether oxygens (including phenoxy) is 3. The molecule has 10 heteroatoms. The second-order valence-electron chi connectivity index (χ2n) is 8.53. The molecule has 3 aromatic carbocycles. The molecule has 8 nitrogen and oxygen atoms in total. The largest absolute Gasteiger partial charge is 0.497 e. The molecule has 1 N–H and O–H groups in total. The summed E-state index contributed by atoms with van der Waals surface area (Å²) in [5.74, 6) is 1.43. The summed E-state index contributed by atoms with van der Waals surface area (Å²) in [6.07, 6.45) is 0.543. The van der Waals surface area contributed by atoms with Crippen LogP contribution in [0.2, 0.25) is 0 Å². The van der Waals surface area contributed by atoms with E-state index in [9.17, 15) is 9.59 Å². The molecule has 1 heterocycles. The number of halogens is 1. The number of methoxy groups -OCH3 is 3. The zero-order valence-electron chi connectivity index (χ0n) is 21.3. The number of thiocarbonyl (C=S) groups is 1. The van der Waals surface area contributed by atoms with Crippen molar-refractivity contribution in [3.63, 3.8) is 0 Å². The smallest absolute Gasteiger partial charge is 0.256 e. The molecule has 4 rings (SSSR count). The summed E-state index contributed by atoms with van der Waals surface area (Å²) in [6.45, 7) is 0.438. The van der Waals surface area contributed by atoms with Gasteiger partial charge < -0.3 is 24.4 Å². The molecule has 0 aliphatic carbocycles. The predicted molar refractivity (Wildman–Crippen MR) is 159 cm³/mol. The van der Waals surface area contributed by atoms with Crippen molar-refractivity contribution < 1.29 is 23.8 Å². The van der Waals surface area contributed by atoms with Gasteiger partial charge in [-0.2, -0.15) is 0 Å². The van der Waals surface area contributed by atoms with Crippen LogP contribution in [0.5, 0.6) is 17.2 Å². The molecule has 0 aromatic heterocycles. The minimum atomic E-state index is -0.744. The third-order valence-corrected chi connectivity index (χ3v) is 7.62. The van der Waals surface area contributed by atoms with Crippen LogP contribution in [0.3, 0.4) is 0 Å². The van der Waals surface area contributed by atoms with Gasteiger partial charge in [0.15, 0.2) is 16.6 Å². The number of benzene rings is 3. The summed E-state index contributed by atoms with van der Waals surface area (Å²) in [7, 11) is 4.76. The highest BCUT2D eigenvalue weighted by Crippen LogP contribution is 2.31. The second-order valence-corrected chi connectivity index (χ2v) is 10.1. The van der Waals surface area contributed by atoms with Gasteiger partial charge in [0.25, 0.3) is 5.91 Å². The van der Waals surface area contributed by atoms with Gasteiger partial charge in [-0.25, -0.2) is 0 Å². The van der Waals surface area contributed by atoms with Gasteiger partial charge in [0.05, 0.1) is 39.1 Å². The SMILES string of the molecule is COc1ccc(N2C(=O)[C@H](CC(=O)Nc3ccccc3I)N(CCc3ccc(OC)c(OC)c3)C2=S)cc1. The van der Waals surface area contributed by atoms with Crippen molar-refractivity contribution in [1.82, 2.24) is 4.90 Å². The Kier molecular flexibility index (Phi) is 9.05. The average molecular weight is 646 g/mol. The molecule has 0 bridgehead atoms. The molecular formula is C28H28IN3O5S. The van der Waals surface area contributed by atoms with E-state index in [2.05, 4.69) is 27.9 Å². The Hall–Kier alpha value is -3.38. The van der Waals surface area contributed by atoms with Gasteiger partial charge in [-0.3, -0.25) is 14.5 Å². The first-order valence-electron chi connectivity index (χ1n) is 11.9. The van der Waals surface area contributed by atoms with Gasteiger partial charge in [-0.05, 0) is 95.3 Å². The molecule has 1 saturated heterocycles. The lowest BCUT2D eigenvalue weighted by atomic mass is 10.1. The van der Waals surface area contributed by atoms with Crippen LogP contribution in [0.25, 0.3) is 0 Å². The number of carbonyl (C=O) groups excluding carboxylic acids is 2. The van der Waals surface area contributed by atoms with Crippen molar-refractivity contribution in [3.8, 4) is 17.2 Å². The first-order valence-corrected chi connectivity index (χ1v) is 13.4. The van der Waals surface area contributed by atoms with Gasteiger partial charge in [-0.1, -0.05) is 18.2 Å². The van der Waals surface area contributed by atoms with Crippen LogP contribution in [-0.2, 0) is 16.0 Å². The van der Waals surface area contributed by atoms with E-state index < -0.39 is 6.04 Å². The summed E-state index contributed by atoms with van der Waals surface area (Å²) in [5, 5.41) is 3.28. The number of anilines is 2. The number of nitrogens with zero attached hydrogens (tertiary/aromatic N) is 2. The Morgan fingerprint density at radius 2 is 1.68 bits per heavy atom. The van der Waals surface area contributed by atoms with Gasteiger partial charge in [0, 0.05) is 10.1 Å². The maximum atomic E-state index is 13.7. The van der Waals surface area contributed by atoms with E-state index in [0.29, 0.717) is 46.7 Å². The molecule has 1 fully saturated rings. The second kappa shape index (κ2) is 12.4. The number of carbonyl (C=O) groups is 2. The average Bonchev–Trinajstić information content (AvgIpc) is 3.16. The molecule has 38 heavy (non-hydrogen) atoms. The standard InChI is InChI=1S/C28H28IN3O5S/c1-35-20-11-9-19(10-12-20)32-27(34)23(17-26(33)30-22-7-5-4-6-21(22)29)31(28(32)38)15-14-18-8-13-24(36-2)25(16-18)37-3/h4-13,16,23H,14-15,17H2,1-3H3,(H,30,33)/t23-/m0/s1. The van der Waals surface area contributed by atoms with Crippen molar-refractivity contribution in [2.45, 2.75) is 18.9 Å². The minimum Gasteiger partial charge on any atom is -0.497 e. The number of amides is 2. The van der Waals surface area contributed by atoms with Crippen LogP contribution in [0.15, 0.2) is 66.7 Å². The molecule has 1 atom stereocenters. The Balaban J connectivity index is 1.58. The molecular weight excluding hydrogens is 617 g/mol. The summed E-state index contributed by atoms with van der Waals surface area (Å²) < 4.78 is 16.9. The van der Waals surface area contributed by atoms with E-state index >= 15 is 0 Å². The fourth-order valence-electron chi connectivity index (χ4n) is 4.28. The van der Waals surface area contributed by atoms with Crippen molar-refractivity contribution in [2.75, 3.05) is 38.1 Å². The molecule has 1 aliphatic rings. The molecule has 0 radical (unpaired) electrons. The van der Waals surface area contributed by atoms with Gasteiger partial charge >= 0.3 is 0 Å². The lowest BCUT2D eigenvalue weighted by Gasteiger charge is -2.24. The zero-order valence-corrected chi connectivity index (χ0v) is 24.2. The number of para-hydroxylation sites is 1. The van der Waals surface area contributed by atoms with Crippen LogP contribution in [0.4, 0.5) is 11.4 Å². The van der Waals surface area contributed by atoms with Crippen LogP contribution >= 0.6 is 34.8 Å². The third-order valence-electron chi connectivity index (χ3n) is 6.27. The van der Waals surface area contributed by atoms with Crippen molar-refractivity contribution in [3.05, 3.63) is 75.9 Å². The maximum Gasteiger partial charge on any atom is 0.256 e. The summed E-state index contributed by atoms with van der Waals surface area (Å²) in [5.41, 5.74) is 2.32. The van der Waals surface area contributed by atoms with Crippen molar-refractivity contribution in [2.24, 2.45) is 0 Å². The van der Waals surface area contributed by atoms with Gasteiger partial charge in [0.1, 0.15) is 11.8 Å². The highest BCUT2D eigenvalue weighted by Gasteiger charge is 2.44. The van der Waals surface area contributed by atoms with Crippen LogP contribution in [-0.4, -0.2) is 55.7 Å². The molecule has 0 unspecified atom stereocenters. The molecule has 2 amide bonds. The zero-order chi connectivity index (χ0) is 27.2. The first-order chi connectivity index (χ1) is 18.4. The minimum absolute atomic E-state index is 0.0392. The van der Waals surface area contributed by atoms with Crippen molar-refractivity contribution >= 4 is 63.1 Å². The molecule has 3 aromatic rings. The quantitative estimate of drug-likeness (QED) is 0.249. The molecule has 0 saturated carbocycles. The lowest BCUT2D eigenvalue weighted by Crippen LogP contribution is -2.39. The number of nitrogens with one attached hydrogen (secondary N) is 1. The van der Waals surface area contributed by atoms with E-state index in [1.165, 1.54) is 4.90 Å². The number of rotatable bonds is 10. The van der Waals surface area contributed by atoms with Crippen molar-refractivity contribution in [1.29, 1.82) is 0 Å². The fourth-order valence-corrected chi connectivity index (χ4v) is 5.22. The Morgan fingerprint density at radius 1 is 0.974 bits per heavy atom. The highest BCUT2D eigenvalue weighted by molar-refractivity contribution is 14.1. The van der Waals surface area contributed by atoms with Crippen LogP contribution in [0.1, 0.15) is 12.0 Å². The van der Waals surface area contributed by atoms with E-state index in [4.69, 9.17) is 26.4 Å². The van der Waals surface area contributed by atoms with E-state index in [1.54, 1.807) is 45.6 Å². The van der Waals surface area contributed by atoms with E-state index in [0.717, 1.165) is 9.13 Å². The van der Waals surface area contributed by atoms with Gasteiger partial charge in [-0.15, -0.1) is 0 Å². The summed E-state index contributed by atoms with van der Waals surface area (Å²) >= 11 is 7.95. The fraction of sp³-hybridized carbons (Fsp3) is 0.250. The molecule has 1 aliphatic heterocycles. The summed E-state index contributed by atoms with van der Waals surface area (Å²) in [6, 6.07) is 19.6. The lowest BCUT2D eigenvalue weighted by molar-refractivity contribution is -0.124. The monoisotopic (exact) mass is 645 g/mol. The maximum absolute atomic E-state index is 13.7. The Bertz CT molecular complexity index is 1330. The highest BCUT2D eigenvalue weighted by atomic mass is 127. The number of hydrogen-bond acceptors (Lipinski definition) is 6. The summed E-state index contributed by atoms with van der Waals surface area (Å²) in [4.78, 5) is 30.1. The topological polar surface area (TPSA) is 80.3 Å². The van der Waals surface area contributed by atoms with Crippen LogP contribution in [0, 0.1) is 3.57 Å². The van der Waals surface area contributed by atoms with E-state index in [1.807, 2.05) is 47.4 Å². The van der Waals surface area contributed by atoms with Gasteiger partial charge in [0.2, 0.25) is 5.91 Å². The Labute approximate surface area is 241 Å². The first kappa shape index (κ1) is 27.6. The molecule has 0 spiro atoms. The number of hydrogen-bond donors (Lipinski definition) is 1. The molecule has 198 valence electrons. The van der Waals surface area contributed by atoms with E-state index in [-0.39, 0.29) is 18.2 Å².